The van der Waals surface area contributed by atoms with Gasteiger partial charge >= 0.3 is 0 Å². The van der Waals surface area contributed by atoms with Crippen LogP contribution in [0.5, 0.6) is 11.5 Å². The smallest absolute Gasteiger partial charge is 0.134 e. The maximum atomic E-state index is 5.92. The Hall–Kier alpha value is -0.740. The predicted octanol–water partition coefficient (Wildman–Crippen LogP) is 4.00. The molecule has 0 aliphatic carbocycles. The summed E-state index contributed by atoms with van der Waals surface area (Å²) in [5, 5.41) is 3.51. The average molecular weight is 330 g/mol. The molecule has 0 spiro atoms. The van der Waals surface area contributed by atoms with Gasteiger partial charge < -0.3 is 14.8 Å². The van der Waals surface area contributed by atoms with Crippen molar-refractivity contribution in [1.29, 1.82) is 0 Å². The lowest BCUT2D eigenvalue weighted by Gasteiger charge is -2.27. The van der Waals surface area contributed by atoms with Gasteiger partial charge in [0.1, 0.15) is 17.6 Å². The van der Waals surface area contributed by atoms with E-state index in [9.17, 15) is 0 Å². The Morgan fingerprint density at radius 2 is 2.05 bits per heavy atom. The van der Waals surface area contributed by atoms with E-state index in [-0.39, 0.29) is 11.6 Å². The molecule has 0 amide bonds. The fourth-order valence-electron chi connectivity index (χ4n) is 1.51. The third kappa shape index (κ3) is 5.41. The highest BCUT2D eigenvalue weighted by atomic mass is 79.9. The van der Waals surface area contributed by atoms with Gasteiger partial charge in [-0.1, -0.05) is 6.92 Å². The van der Waals surface area contributed by atoms with Crippen molar-refractivity contribution in [2.45, 2.75) is 45.8 Å². The Morgan fingerprint density at radius 1 is 1.37 bits per heavy atom. The largest absolute Gasteiger partial charge is 0.497 e. The van der Waals surface area contributed by atoms with Crippen molar-refractivity contribution in [3.05, 3.63) is 22.7 Å². The molecule has 0 saturated carbocycles. The van der Waals surface area contributed by atoms with Crippen LogP contribution in [0.3, 0.4) is 0 Å². The number of nitrogens with one attached hydrogen (secondary N) is 1. The SMILES string of the molecule is CCC(C)(C)NCC(C)Oc1ccc(OC)cc1Br. The third-order valence-electron chi connectivity index (χ3n) is 3.22. The van der Waals surface area contributed by atoms with Gasteiger partial charge in [-0.15, -0.1) is 0 Å². The molecule has 1 unspecified atom stereocenters. The fraction of sp³-hybridized carbons (Fsp3) is 0.600. The minimum atomic E-state index is 0.107. The van der Waals surface area contributed by atoms with Crippen molar-refractivity contribution < 1.29 is 9.47 Å². The first-order valence-electron chi connectivity index (χ1n) is 6.63. The second-order valence-electron chi connectivity index (χ2n) is 5.34. The van der Waals surface area contributed by atoms with Crippen LogP contribution in [0.1, 0.15) is 34.1 Å². The molecule has 0 aromatic heterocycles. The molecule has 108 valence electrons. The average Bonchev–Trinajstić information content (AvgIpc) is 2.39. The normalized spacial score (nSPS) is 13.2. The molecule has 0 bridgehead atoms. The zero-order valence-corrected chi connectivity index (χ0v) is 14.0. The minimum Gasteiger partial charge on any atom is -0.497 e. The number of hydrogen-bond acceptors (Lipinski definition) is 3. The van der Waals surface area contributed by atoms with Gasteiger partial charge in [0.2, 0.25) is 0 Å². The van der Waals surface area contributed by atoms with Gasteiger partial charge in [-0.2, -0.15) is 0 Å². The number of rotatable bonds is 7. The molecule has 1 rings (SSSR count). The van der Waals surface area contributed by atoms with Crippen LogP contribution in [0.2, 0.25) is 0 Å². The standard InChI is InChI=1S/C15H24BrNO2/c1-6-15(3,4)17-10-11(2)19-14-8-7-12(18-5)9-13(14)16/h7-9,11,17H,6,10H2,1-5H3. The maximum absolute atomic E-state index is 5.92. The van der Waals surface area contributed by atoms with Crippen molar-refractivity contribution in [2.75, 3.05) is 13.7 Å². The summed E-state index contributed by atoms with van der Waals surface area (Å²) in [6, 6.07) is 5.73. The molecule has 3 nitrogen and oxygen atoms in total. The topological polar surface area (TPSA) is 30.5 Å². The summed E-state index contributed by atoms with van der Waals surface area (Å²) in [6.45, 7) is 9.46. The summed E-state index contributed by atoms with van der Waals surface area (Å²) < 4.78 is 12.0. The van der Waals surface area contributed by atoms with E-state index >= 15 is 0 Å². The number of benzene rings is 1. The number of ether oxygens (including phenoxy) is 2. The quantitative estimate of drug-likeness (QED) is 0.820. The van der Waals surface area contributed by atoms with Crippen molar-refractivity contribution >= 4 is 15.9 Å². The van der Waals surface area contributed by atoms with Gasteiger partial charge in [0.15, 0.2) is 0 Å². The zero-order valence-electron chi connectivity index (χ0n) is 12.4. The third-order valence-corrected chi connectivity index (χ3v) is 3.84. The van der Waals surface area contributed by atoms with Crippen molar-refractivity contribution in [1.82, 2.24) is 5.32 Å². The molecule has 4 heteroatoms. The molecular weight excluding hydrogens is 306 g/mol. The van der Waals surface area contributed by atoms with Gasteiger partial charge in [-0.3, -0.25) is 0 Å². The molecule has 0 heterocycles. The van der Waals surface area contributed by atoms with Gasteiger partial charge in [0, 0.05) is 12.1 Å². The monoisotopic (exact) mass is 329 g/mol. The lowest BCUT2D eigenvalue weighted by molar-refractivity contribution is 0.197. The Labute approximate surface area is 124 Å². The number of hydrogen-bond donors (Lipinski definition) is 1. The molecule has 0 saturated heterocycles. The summed E-state index contributed by atoms with van der Waals surface area (Å²) in [7, 11) is 1.65. The summed E-state index contributed by atoms with van der Waals surface area (Å²) in [6.07, 6.45) is 1.20. The first-order valence-corrected chi connectivity index (χ1v) is 7.42. The van der Waals surface area contributed by atoms with Crippen LogP contribution >= 0.6 is 15.9 Å². The van der Waals surface area contributed by atoms with Crippen molar-refractivity contribution in [3.63, 3.8) is 0 Å². The fourth-order valence-corrected chi connectivity index (χ4v) is 1.96. The lowest BCUT2D eigenvalue weighted by atomic mass is 10.0. The van der Waals surface area contributed by atoms with Gasteiger partial charge in [-0.25, -0.2) is 0 Å². The van der Waals surface area contributed by atoms with Crippen molar-refractivity contribution in [3.8, 4) is 11.5 Å². The van der Waals surface area contributed by atoms with E-state index in [0.717, 1.165) is 28.9 Å². The van der Waals surface area contributed by atoms with Crippen LogP contribution in [0.4, 0.5) is 0 Å². The Kier molecular flexibility index (Phi) is 6.14. The Bertz CT molecular complexity index is 407. The van der Waals surface area contributed by atoms with Crippen LogP contribution in [-0.2, 0) is 0 Å². The summed E-state index contributed by atoms with van der Waals surface area (Å²) >= 11 is 3.50. The molecule has 1 aromatic rings. The highest BCUT2D eigenvalue weighted by Crippen LogP contribution is 2.29. The molecule has 0 aliphatic heterocycles. The van der Waals surface area contributed by atoms with E-state index in [1.165, 1.54) is 0 Å². The zero-order chi connectivity index (χ0) is 14.5. The van der Waals surface area contributed by atoms with Crippen LogP contribution in [-0.4, -0.2) is 25.3 Å². The highest BCUT2D eigenvalue weighted by Gasteiger charge is 2.16. The summed E-state index contributed by atoms with van der Waals surface area (Å²) in [5.74, 6) is 1.65. The minimum absolute atomic E-state index is 0.107. The molecule has 0 aliphatic rings. The molecule has 1 atom stereocenters. The first kappa shape index (κ1) is 16.3. The van der Waals surface area contributed by atoms with Crippen LogP contribution in [0, 0.1) is 0 Å². The van der Waals surface area contributed by atoms with Crippen LogP contribution in [0.15, 0.2) is 22.7 Å². The molecule has 1 aromatic carbocycles. The highest BCUT2D eigenvalue weighted by molar-refractivity contribution is 9.10. The molecule has 1 N–H and O–H groups in total. The van der Waals surface area contributed by atoms with Crippen LogP contribution < -0.4 is 14.8 Å². The predicted molar refractivity (Wildman–Crippen MR) is 83.2 cm³/mol. The number of halogens is 1. The summed E-state index contributed by atoms with van der Waals surface area (Å²) in [4.78, 5) is 0. The number of methoxy groups -OCH3 is 1. The van der Waals surface area contributed by atoms with Crippen molar-refractivity contribution in [2.24, 2.45) is 0 Å². The van der Waals surface area contributed by atoms with E-state index in [2.05, 4.69) is 48.9 Å². The Balaban J connectivity index is 2.55. The van der Waals surface area contributed by atoms with E-state index in [4.69, 9.17) is 9.47 Å². The molecule has 19 heavy (non-hydrogen) atoms. The van der Waals surface area contributed by atoms with E-state index in [1.54, 1.807) is 7.11 Å². The second-order valence-corrected chi connectivity index (χ2v) is 6.20. The molecular formula is C15H24BrNO2. The van der Waals surface area contributed by atoms with Gasteiger partial charge in [0.05, 0.1) is 11.6 Å². The molecule has 0 fully saturated rings. The van der Waals surface area contributed by atoms with E-state index in [1.807, 2.05) is 18.2 Å². The van der Waals surface area contributed by atoms with Crippen LogP contribution in [0.25, 0.3) is 0 Å². The lowest BCUT2D eigenvalue weighted by Crippen LogP contribution is -2.43. The second kappa shape index (κ2) is 7.15. The van der Waals surface area contributed by atoms with Gasteiger partial charge in [0.25, 0.3) is 0 Å². The van der Waals surface area contributed by atoms with E-state index < -0.39 is 0 Å². The maximum Gasteiger partial charge on any atom is 0.134 e. The Morgan fingerprint density at radius 3 is 2.58 bits per heavy atom. The summed E-state index contributed by atoms with van der Waals surface area (Å²) in [5.41, 5.74) is 0.148. The first-order chi connectivity index (χ1) is 8.88. The molecule has 0 radical (unpaired) electrons. The van der Waals surface area contributed by atoms with Gasteiger partial charge in [-0.05, 0) is 61.3 Å². The van der Waals surface area contributed by atoms with E-state index in [0.29, 0.717) is 0 Å².